The molecule has 39 heavy (non-hydrogen) atoms. The number of aliphatic hydroxyl groups is 1. The van der Waals surface area contributed by atoms with E-state index in [1.165, 1.54) is 11.8 Å². The molecule has 0 spiro atoms. The van der Waals surface area contributed by atoms with Gasteiger partial charge in [-0.3, -0.25) is 0 Å². The summed E-state index contributed by atoms with van der Waals surface area (Å²) >= 11 is 1.32. The van der Waals surface area contributed by atoms with Gasteiger partial charge in [-0.2, -0.15) is 0 Å². The Kier molecular flexibility index (Phi) is 9.75. The lowest BCUT2D eigenvalue weighted by Gasteiger charge is -2.43. The van der Waals surface area contributed by atoms with Crippen LogP contribution in [0.15, 0.2) is 91.0 Å². The summed E-state index contributed by atoms with van der Waals surface area (Å²) in [6.45, 7) is 3.55. The van der Waals surface area contributed by atoms with Gasteiger partial charge in [0.05, 0.1) is 16.7 Å². The van der Waals surface area contributed by atoms with Crippen molar-refractivity contribution in [1.82, 2.24) is 0 Å². The van der Waals surface area contributed by atoms with Crippen LogP contribution in [0.5, 0.6) is 0 Å². The second-order valence-electron chi connectivity index (χ2n) is 9.15. The molecule has 204 valence electrons. The Morgan fingerprint density at radius 3 is 1.64 bits per heavy atom. The monoisotopic (exact) mass is 550 g/mol. The molecule has 0 aliphatic carbocycles. The number of benzene rings is 3. The molecule has 1 aliphatic rings. The van der Waals surface area contributed by atoms with Crippen LogP contribution < -0.4 is 0 Å². The van der Waals surface area contributed by atoms with E-state index < -0.39 is 47.8 Å². The van der Waals surface area contributed by atoms with E-state index in [9.17, 15) is 19.5 Å². The normalized spacial score (nSPS) is 22.6. The largest absolute Gasteiger partial charge is 0.459 e. The van der Waals surface area contributed by atoms with Crippen LogP contribution in [0.3, 0.4) is 0 Å². The van der Waals surface area contributed by atoms with E-state index in [1.54, 1.807) is 91.0 Å². The van der Waals surface area contributed by atoms with Gasteiger partial charge in [0.1, 0.15) is 24.3 Å². The van der Waals surface area contributed by atoms with Crippen LogP contribution in [-0.2, 0) is 18.9 Å². The van der Waals surface area contributed by atoms with Crippen molar-refractivity contribution in [3.05, 3.63) is 108 Å². The fourth-order valence-corrected chi connectivity index (χ4v) is 5.09. The highest BCUT2D eigenvalue weighted by Gasteiger charge is 2.50. The summed E-state index contributed by atoms with van der Waals surface area (Å²) in [6, 6.07) is 25.0. The first-order valence-corrected chi connectivity index (χ1v) is 13.5. The van der Waals surface area contributed by atoms with Crippen LogP contribution in [-0.4, -0.2) is 64.7 Å². The molecule has 0 saturated carbocycles. The highest BCUT2D eigenvalue weighted by molar-refractivity contribution is 8.00. The molecule has 1 aliphatic heterocycles. The third-order valence-electron chi connectivity index (χ3n) is 5.91. The second kappa shape index (κ2) is 13.4. The minimum absolute atomic E-state index is 0.0473. The topological polar surface area (TPSA) is 108 Å². The molecule has 1 heterocycles. The van der Waals surface area contributed by atoms with Crippen molar-refractivity contribution < 1.29 is 38.4 Å². The van der Waals surface area contributed by atoms with Crippen LogP contribution in [0.1, 0.15) is 44.9 Å². The third-order valence-corrected chi connectivity index (χ3v) is 7.12. The minimum atomic E-state index is -1.33. The molecular formula is C30H30O8S. The maximum atomic E-state index is 13.1. The summed E-state index contributed by atoms with van der Waals surface area (Å²) < 4.78 is 23.2. The number of thioether (sulfide) groups is 1. The molecule has 5 unspecified atom stereocenters. The molecule has 5 atom stereocenters. The van der Waals surface area contributed by atoms with Crippen molar-refractivity contribution in [2.45, 2.75) is 48.9 Å². The first kappa shape index (κ1) is 28.4. The minimum Gasteiger partial charge on any atom is -0.459 e. The third kappa shape index (κ3) is 7.47. The molecule has 1 fully saturated rings. The van der Waals surface area contributed by atoms with Gasteiger partial charge in [0.15, 0.2) is 12.2 Å². The summed E-state index contributed by atoms with van der Waals surface area (Å²) in [7, 11) is 0. The van der Waals surface area contributed by atoms with Gasteiger partial charge in [0.2, 0.25) is 0 Å². The van der Waals surface area contributed by atoms with Crippen molar-refractivity contribution in [2.24, 2.45) is 0 Å². The number of hydrogen-bond acceptors (Lipinski definition) is 9. The van der Waals surface area contributed by atoms with Crippen LogP contribution in [0.4, 0.5) is 0 Å². The van der Waals surface area contributed by atoms with E-state index in [0.717, 1.165) is 0 Å². The van der Waals surface area contributed by atoms with E-state index in [0.29, 0.717) is 5.56 Å². The fourth-order valence-electron chi connectivity index (χ4n) is 4.03. The highest BCUT2D eigenvalue weighted by atomic mass is 32.2. The summed E-state index contributed by atoms with van der Waals surface area (Å²) in [5, 5.41) is 11.3. The Hall–Kier alpha value is -3.66. The smallest absolute Gasteiger partial charge is 0.338 e. The second-order valence-corrected chi connectivity index (χ2v) is 10.8. The Morgan fingerprint density at radius 1 is 0.744 bits per heavy atom. The first-order valence-electron chi connectivity index (χ1n) is 12.6. The van der Waals surface area contributed by atoms with Gasteiger partial charge in [-0.1, -0.05) is 68.4 Å². The van der Waals surface area contributed by atoms with Crippen LogP contribution in [0, 0.1) is 0 Å². The molecular weight excluding hydrogens is 520 g/mol. The molecule has 1 saturated heterocycles. The lowest BCUT2D eigenvalue weighted by atomic mass is 9.99. The zero-order valence-electron chi connectivity index (χ0n) is 21.5. The Labute approximate surface area is 231 Å². The van der Waals surface area contributed by atoms with Crippen molar-refractivity contribution in [3.8, 4) is 0 Å². The molecule has 0 radical (unpaired) electrons. The number of ether oxygens (including phenoxy) is 4. The predicted octanol–water partition coefficient (Wildman–Crippen LogP) is 4.52. The van der Waals surface area contributed by atoms with E-state index in [1.807, 2.05) is 13.8 Å². The molecule has 3 aromatic rings. The van der Waals surface area contributed by atoms with Gasteiger partial charge in [0.25, 0.3) is 0 Å². The van der Waals surface area contributed by atoms with Gasteiger partial charge >= 0.3 is 17.9 Å². The van der Waals surface area contributed by atoms with Crippen LogP contribution >= 0.6 is 11.8 Å². The molecule has 0 bridgehead atoms. The number of esters is 3. The van der Waals surface area contributed by atoms with Crippen molar-refractivity contribution in [1.29, 1.82) is 0 Å². The summed E-state index contributed by atoms with van der Waals surface area (Å²) in [4.78, 5) is 38.8. The Balaban J connectivity index is 1.63. The number of carbonyl (C=O) groups is 3. The molecule has 0 amide bonds. The van der Waals surface area contributed by atoms with E-state index >= 15 is 0 Å². The summed E-state index contributed by atoms with van der Waals surface area (Å²) in [5.74, 6) is -1.99. The van der Waals surface area contributed by atoms with Gasteiger partial charge in [-0.15, -0.1) is 11.8 Å². The van der Waals surface area contributed by atoms with E-state index in [2.05, 4.69) is 0 Å². The van der Waals surface area contributed by atoms with Gasteiger partial charge in [-0.05, 0) is 36.4 Å². The van der Waals surface area contributed by atoms with Crippen LogP contribution in [0.2, 0.25) is 0 Å². The van der Waals surface area contributed by atoms with Crippen molar-refractivity contribution >= 4 is 29.7 Å². The number of carbonyl (C=O) groups excluding carboxylic acids is 3. The molecule has 1 N–H and O–H groups in total. The Morgan fingerprint density at radius 2 is 1.18 bits per heavy atom. The molecule has 3 aromatic carbocycles. The zero-order chi connectivity index (χ0) is 27.8. The maximum absolute atomic E-state index is 13.1. The van der Waals surface area contributed by atoms with Gasteiger partial charge in [-0.25, -0.2) is 14.4 Å². The van der Waals surface area contributed by atoms with Gasteiger partial charge < -0.3 is 24.1 Å². The predicted molar refractivity (Wildman–Crippen MR) is 145 cm³/mol. The Bertz CT molecular complexity index is 1240. The molecule has 8 nitrogen and oxygen atoms in total. The summed E-state index contributed by atoms with van der Waals surface area (Å²) in [6.07, 6.45) is -4.93. The molecule has 4 rings (SSSR count). The summed E-state index contributed by atoms with van der Waals surface area (Å²) in [5.41, 5.74) is 0.0280. The highest BCUT2D eigenvalue weighted by Crippen LogP contribution is 2.34. The van der Waals surface area contributed by atoms with E-state index in [-0.39, 0.29) is 23.0 Å². The SMILES string of the molecule is CC(C)SC1OC(COC(=O)c2ccccc2)C(OC(=O)c2ccccc2)C(OC(=O)c2ccccc2)C1O. The molecule has 9 heteroatoms. The maximum Gasteiger partial charge on any atom is 0.338 e. The quantitative estimate of drug-likeness (QED) is 0.304. The lowest BCUT2D eigenvalue weighted by Crippen LogP contribution is -2.60. The van der Waals surface area contributed by atoms with Crippen LogP contribution in [0.25, 0.3) is 0 Å². The van der Waals surface area contributed by atoms with E-state index in [4.69, 9.17) is 18.9 Å². The molecule has 0 aromatic heterocycles. The lowest BCUT2D eigenvalue weighted by molar-refractivity contribution is -0.206. The van der Waals surface area contributed by atoms with Crippen molar-refractivity contribution in [3.63, 3.8) is 0 Å². The standard InChI is InChI=1S/C30H30O8S/c1-19(2)39-30-24(31)26(38-29(34)22-16-10-5-11-17-22)25(37-28(33)21-14-8-4-9-15-21)23(36-30)18-35-27(32)20-12-6-3-7-13-20/h3-17,19,23-26,30-31H,18H2,1-2H3. The van der Waals surface area contributed by atoms with Crippen molar-refractivity contribution in [2.75, 3.05) is 6.61 Å². The number of aliphatic hydroxyl groups excluding tert-OH is 1. The number of hydrogen-bond donors (Lipinski definition) is 1. The first-order chi connectivity index (χ1) is 18.8. The number of rotatable bonds is 9. The average molecular weight is 551 g/mol. The van der Waals surface area contributed by atoms with Gasteiger partial charge in [0, 0.05) is 5.25 Å². The fraction of sp³-hybridized carbons (Fsp3) is 0.300. The zero-order valence-corrected chi connectivity index (χ0v) is 22.4. The average Bonchev–Trinajstić information content (AvgIpc) is 2.96.